The predicted molar refractivity (Wildman–Crippen MR) is 85.1 cm³/mol. The summed E-state index contributed by atoms with van der Waals surface area (Å²) in [5, 5.41) is 1.97. The Morgan fingerprint density at radius 1 is 1.55 bits per heavy atom. The van der Waals surface area contributed by atoms with Crippen LogP contribution in [0.25, 0.3) is 10.8 Å². The molecule has 0 saturated carbocycles. The molecule has 0 aromatic carbocycles. The van der Waals surface area contributed by atoms with Gasteiger partial charge in [-0.15, -0.1) is 11.3 Å². The van der Waals surface area contributed by atoms with E-state index in [4.69, 9.17) is 9.15 Å². The van der Waals surface area contributed by atoms with Crippen LogP contribution in [0.1, 0.15) is 29.6 Å². The molecular formula is C16H20N2O3S. The monoisotopic (exact) mass is 320 g/mol. The molecule has 2 aromatic heterocycles. The van der Waals surface area contributed by atoms with Gasteiger partial charge in [-0.1, -0.05) is 6.07 Å². The van der Waals surface area contributed by atoms with E-state index < -0.39 is 0 Å². The number of carbonyl (C=O) groups excluding carboxylic acids is 1. The van der Waals surface area contributed by atoms with Crippen LogP contribution in [0.4, 0.5) is 0 Å². The number of aryl methyl sites for hydroxylation is 1. The highest BCUT2D eigenvalue weighted by atomic mass is 32.1. The topological polar surface area (TPSA) is 55.6 Å². The molecule has 0 spiro atoms. The Bertz CT molecular complexity index is 630. The van der Waals surface area contributed by atoms with E-state index in [1.807, 2.05) is 29.3 Å². The van der Waals surface area contributed by atoms with Crippen molar-refractivity contribution < 1.29 is 13.9 Å². The van der Waals surface area contributed by atoms with Crippen molar-refractivity contribution in [1.82, 2.24) is 9.88 Å². The minimum absolute atomic E-state index is 0.0570. The molecule has 0 aliphatic carbocycles. The van der Waals surface area contributed by atoms with Gasteiger partial charge in [-0.05, 0) is 31.7 Å². The second kappa shape index (κ2) is 6.62. The van der Waals surface area contributed by atoms with E-state index in [-0.39, 0.29) is 5.91 Å². The van der Waals surface area contributed by atoms with Gasteiger partial charge >= 0.3 is 0 Å². The molecule has 1 amide bonds. The summed E-state index contributed by atoms with van der Waals surface area (Å²) < 4.78 is 11.1. The van der Waals surface area contributed by atoms with Crippen LogP contribution < -0.4 is 0 Å². The van der Waals surface area contributed by atoms with Crippen molar-refractivity contribution >= 4 is 17.2 Å². The SMILES string of the molecule is CCN(C[C@H]1CCOC1)C(=O)c1nc(-c2cccs2)oc1C. The first kappa shape index (κ1) is 15.2. The highest BCUT2D eigenvalue weighted by Gasteiger charge is 2.26. The van der Waals surface area contributed by atoms with E-state index in [0.29, 0.717) is 29.8 Å². The normalized spacial score (nSPS) is 17.8. The maximum absolute atomic E-state index is 12.7. The Labute approximate surface area is 133 Å². The number of ether oxygens (including phenoxy) is 1. The number of rotatable bonds is 5. The lowest BCUT2D eigenvalue weighted by Crippen LogP contribution is -2.36. The zero-order valence-electron chi connectivity index (χ0n) is 12.9. The largest absolute Gasteiger partial charge is 0.440 e. The van der Waals surface area contributed by atoms with Crippen LogP contribution in [-0.2, 0) is 4.74 Å². The summed E-state index contributed by atoms with van der Waals surface area (Å²) in [7, 11) is 0. The standard InChI is InChI=1S/C16H20N2O3S/c1-3-18(9-12-6-7-20-10-12)16(19)14-11(2)21-15(17-14)13-5-4-8-22-13/h4-5,8,12H,3,6-7,9-10H2,1-2H3/t12-/m1/s1. The lowest BCUT2D eigenvalue weighted by Gasteiger charge is -2.22. The summed E-state index contributed by atoms with van der Waals surface area (Å²) in [5.74, 6) is 1.47. The number of thiophene rings is 1. The van der Waals surface area contributed by atoms with E-state index in [2.05, 4.69) is 4.98 Å². The lowest BCUT2D eigenvalue weighted by atomic mass is 10.1. The first-order chi connectivity index (χ1) is 10.7. The summed E-state index contributed by atoms with van der Waals surface area (Å²) in [5.41, 5.74) is 0.421. The Hall–Kier alpha value is -1.66. The van der Waals surface area contributed by atoms with Crippen LogP contribution in [0.2, 0.25) is 0 Å². The Morgan fingerprint density at radius 2 is 2.41 bits per heavy atom. The maximum atomic E-state index is 12.7. The zero-order valence-corrected chi connectivity index (χ0v) is 13.7. The van der Waals surface area contributed by atoms with E-state index in [1.54, 1.807) is 18.3 Å². The third-order valence-corrected chi connectivity index (χ3v) is 4.76. The molecule has 1 saturated heterocycles. The highest BCUT2D eigenvalue weighted by Crippen LogP contribution is 2.26. The van der Waals surface area contributed by atoms with Gasteiger partial charge in [-0.3, -0.25) is 4.79 Å². The van der Waals surface area contributed by atoms with Crippen molar-refractivity contribution in [2.24, 2.45) is 5.92 Å². The average molecular weight is 320 g/mol. The van der Waals surface area contributed by atoms with E-state index >= 15 is 0 Å². The summed E-state index contributed by atoms with van der Waals surface area (Å²) in [6.07, 6.45) is 1.02. The Morgan fingerprint density at radius 3 is 3.05 bits per heavy atom. The molecule has 1 fully saturated rings. The third kappa shape index (κ3) is 3.08. The van der Waals surface area contributed by atoms with E-state index in [1.165, 1.54) is 0 Å². The molecule has 6 heteroatoms. The van der Waals surface area contributed by atoms with Gasteiger partial charge in [0.05, 0.1) is 11.5 Å². The zero-order chi connectivity index (χ0) is 15.5. The smallest absolute Gasteiger partial charge is 0.276 e. The fraction of sp³-hybridized carbons (Fsp3) is 0.500. The number of aromatic nitrogens is 1. The van der Waals surface area contributed by atoms with E-state index in [0.717, 1.165) is 31.1 Å². The second-order valence-electron chi connectivity index (χ2n) is 5.47. The van der Waals surface area contributed by atoms with Gasteiger partial charge in [-0.2, -0.15) is 0 Å². The molecule has 1 aliphatic rings. The molecule has 1 aliphatic heterocycles. The first-order valence-corrected chi connectivity index (χ1v) is 8.45. The van der Waals surface area contributed by atoms with Crippen LogP contribution in [-0.4, -0.2) is 42.1 Å². The van der Waals surface area contributed by atoms with Crippen molar-refractivity contribution in [3.8, 4) is 10.8 Å². The number of oxazole rings is 1. The van der Waals surface area contributed by atoms with Crippen LogP contribution in [0.15, 0.2) is 21.9 Å². The number of hydrogen-bond donors (Lipinski definition) is 0. The maximum Gasteiger partial charge on any atom is 0.276 e. The van der Waals surface area contributed by atoms with Crippen LogP contribution in [0.5, 0.6) is 0 Å². The minimum Gasteiger partial charge on any atom is -0.440 e. The Kier molecular flexibility index (Phi) is 4.59. The van der Waals surface area contributed by atoms with Gasteiger partial charge in [0.25, 0.3) is 5.91 Å². The van der Waals surface area contributed by atoms with Crippen molar-refractivity contribution in [2.75, 3.05) is 26.3 Å². The number of amides is 1. The third-order valence-electron chi connectivity index (χ3n) is 3.90. The van der Waals surface area contributed by atoms with Crippen molar-refractivity contribution in [2.45, 2.75) is 20.3 Å². The number of nitrogens with zero attached hydrogens (tertiary/aromatic N) is 2. The van der Waals surface area contributed by atoms with Gasteiger partial charge in [-0.25, -0.2) is 4.98 Å². The van der Waals surface area contributed by atoms with E-state index in [9.17, 15) is 4.79 Å². The molecule has 0 N–H and O–H groups in total. The molecule has 2 aromatic rings. The molecule has 3 heterocycles. The molecule has 0 unspecified atom stereocenters. The van der Waals surface area contributed by atoms with Gasteiger partial charge in [0, 0.05) is 25.6 Å². The fourth-order valence-corrected chi connectivity index (χ4v) is 3.29. The molecule has 1 atom stereocenters. The molecule has 3 rings (SSSR count). The first-order valence-electron chi connectivity index (χ1n) is 7.57. The summed E-state index contributed by atoms with van der Waals surface area (Å²) in [6.45, 7) is 6.70. The average Bonchev–Trinajstić information content (AvgIpc) is 3.25. The van der Waals surface area contributed by atoms with Crippen molar-refractivity contribution in [1.29, 1.82) is 0 Å². The van der Waals surface area contributed by atoms with Gasteiger partial charge in [0.15, 0.2) is 5.69 Å². The molecule has 0 radical (unpaired) electrons. The number of carbonyl (C=O) groups is 1. The van der Waals surface area contributed by atoms with Crippen LogP contribution in [0.3, 0.4) is 0 Å². The summed E-state index contributed by atoms with van der Waals surface area (Å²) in [4.78, 5) is 19.9. The van der Waals surface area contributed by atoms with Gasteiger partial charge in [0.2, 0.25) is 5.89 Å². The van der Waals surface area contributed by atoms with Crippen LogP contribution >= 0.6 is 11.3 Å². The van der Waals surface area contributed by atoms with Crippen molar-refractivity contribution in [3.05, 3.63) is 29.0 Å². The van der Waals surface area contributed by atoms with Crippen molar-refractivity contribution in [3.63, 3.8) is 0 Å². The second-order valence-corrected chi connectivity index (χ2v) is 6.42. The number of hydrogen-bond acceptors (Lipinski definition) is 5. The molecular weight excluding hydrogens is 300 g/mol. The van der Waals surface area contributed by atoms with Gasteiger partial charge in [0.1, 0.15) is 5.76 Å². The van der Waals surface area contributed by atoms with Crippen LogP contribution in [0, 0.1) is 12.8 Å². The molecule has 22 heavy (non-hydrogen) atoms. The molecule has 118 valence electrons. The molecule has 5 nitrogen and oxygen atoms in total. The van der Waals surface area contributed by atoms with Gasteiger partial charge < -0.3 is 14.1 Å². The fourth-order valence-electron chi connectivity index (χ4n) is 2.64. The highest BCUT2D eigenvalue weighted by molar-refractivity contribution is 7.13. The summed E-state index contributed by atoms with van der Waals surface area (Å²) >= 11 is 1.55. The summed E-state index contributed by atoms with van der Waals surface area (Å²) in [6, 6.07) is 3.89. The minimum atomic E-state index is -0.0570. The predicted octanol–water partition coefficient (Wildman–Crippen LogP) is 3.21. The molecule has 0 bridgehead atoms. The quantitative estimate of drug-likeness (QED) is 0.849. The Balaban J connectivity index is 1.78. The lowest BCUT2D eigenvalue weighted by molar-refractivity contribution is 0.0724.